The molecule has 240 valence electrons. The standard InChI is InChI=1S/C34H35F3N6O3/c1-4-19(2)30-33(46)41-27-10-9-25(42-13-12-24(18-42)39-20(3)44)16-26(27)31-40-28-15-22(8-11-29(28)43(30)31)32(45)38-17-21-6-5-7-23(14-21)34(35,36)37/h5-11,14-16,19,24,30H,4,12-13,17-18H2,1-3H3,(H,38,45)(H,39,44)(H,41,46)/t19-,24+,30-/m1/s1. The number of hydrogen-bond acceptors (Lipinski definition) is 5. The molecule has 2 aliphatic rings. The summed E-state index contributed by atoms with van der Waals surface area (Å²) in [5, 5.41) is 8.80. The van der Waals surface area contributed by atoms with E-state index in [1.54, 1.807) is 18.2 Å². The molecule has 3 amide bonds. The molecule has 3 aromatic carbocycles. The number of benzene rings is 3. The summed E-state index contributed by atoms with van der Waals surface area (Å²) in [5.74, 6) is -0.114. The highest BCUT2D eigenvalue weighted by Gasteiger charge is 2.35. The molecule has 2 aliphatic heterocycles. The first-order chi connectivity index (χ1) is 21.9. The Hall–Kier alpha value is -4.87. The molecular formula is C34H35F3N6O3. The van der Waals surface area contributed by atoms with Crippen LogP contribution in [0.4, 0.5) is 24.5 Å². The van der Waals surface area contributed by atoms with E-state index in [4.69, 9.17) is 4.98 Å². The van der Waals surface area contributed by atoms with Crippen molar-refractivity contribution in [3.63, 3.8) is 0 Å². The predicted octanol–water partition coefficient (Wildman–Crippen LogP) is 5.91. The van der Waals surface area contributed by atoms with Crippen LogP contribution in [-0.4, -0.2) is 46.4 Å². The highest BCUT2D eigenvalue weighted by molar-refractivity contribution is 6.03. The number of aromatic nitrogens is 2. The van der Waals surface area contributed by atoms with Crippen molar-refractivity contribution in [2.45, 2.75) is 58.4 Å². The Morgan fingerprint density at radius 2 is 1.91 bits per heavy atom. The molecule has 1 saturated heterocycles. The third kappa shape index (κ3) is 6.03. The number of fused-ring (bicyclic) bond motifs is 5. The number of nitrogens with zero attached hydrogens (tertiary/aromatic N) is 3. The van der Waals surface area contributed by atoms with E-state index in [1.807, 2.05) is 36.6 Å². The molecule has 12 heteroatoms. The second-order valence-corrected chi connectivity index (χ2v) is 12.1. The van der Waals surface area contributed by atoms with Crippen LogP contribution in [0.3, 0.4) is 0 Å². The molecule has 6 rings (SSSR count). The van der Waals surface area contributed by atoms with Gasteiger partial charge in [-0.1, -0.05) is 32.4 Å². The number of imidazole rings is 1. The number of hydrogen-bond donors (Lipinski definition) is 3. The van der Waals surface area contributed by atoms with Crippen LogP contribution in [0.25, 0.3) is 22.4 Å². The fourth-order valence-electron chi connectivity index (χ4n) is 6.34. The second kappa shape index (κ2) is 12.1. The number of rotatable bonds is 7. The molecule has 1 aromatic heterocycles. The molecule has 0 bridgehead atoms. The van der Waals surface area contributed by atoms with Gasteiger partial charge < -0.3 is 25.4 Å². The summed E-state index contributed by atoms with van der Waals surface area (Å²) in [6.07, 6.45) is -2.91. The Morgan fingerprint density at radius 1 is 1.11 bits per heavy atom. The summed E-state index contributed by atoms with van der Waals surface area (Å²) in [6.45, 7) is 6.90. The molecule has 3 atom stereocenters. The van der Waals surface area contributed by atoms with Crippen LogP contribution in [-0.2, 0) is 22.3 Å². The van der Waals surface area contributed by atoms with Gasteiger partial charge in [-0.05, 0) is 66.4 Å². The smallest absolute Gasteiger partial charge is 0.369 e. The predicted molar refractivity (Wildman–Crippen MR) is 169 cm³/mol. The molecule has 3 heterocycles. The number of anilines is 2. The van der Waals surface area contributed by atoms with Crippen LogP contribution in [0.2, 0.25) is 0 Å². The number of amides is 3. The molecule has 4 aromatic rings. The van der Waals surface area contributed by atoms with Gasteiger partial charge in [0, 0.05) is 49.4 Å². The highest BCUT2D eigenvalue weighted by Crippen LogP contribution is 2.41. The summed E-state index contributed by atoms with van der Waals surface area (Å²) < 4.78 is 41.4. The van der Waals surface area contributed by atoms with Gasteiger partial charge in [-0.2, -0.15) is 13.2 Å². The van der Waals surface area contributed by atoms with Gasteiger partial charge in [0.25, 0.3) is 5.91 Å². The zero-order valence-corrected chi connectivity index (χ0v) is 25.7. The molecule has 0 aliphatic carbocycles. The molecule has 0 unspecified atom stereocenters. The van der Waals surface area contributed by atoms with Crippen molar-refractivity contribution in [3.05, 3.63) is 77.4 Å². The quantitative estimate of drug-likeness (QED) is 0.235. The van der Waals surface area contributed by atoms with Crippen molar-refractivity contribution in [2.75, 3.05) is 23.3 Å². The topological polar surface area (TPSA) is 108 Å². The minimum atomic E-state index is -4.48. The minimum Gasteiger partial charge on any atom is -0.369 e. The first-order valence-corrected chi connectivity index (χ1v) is 15.4. The van der Waals surface area contributed by atoms with Gasteiger partial charge >= 0.3 is 6.18 Å². The molecule has 0 radical (unpaired) electrons. The lowest BCUT2D eigenvalue weighted by molar-refractivity contribution is -0.137. The minimum absolute atomic E-state index is 0.0302. The van der Waals surface area contributed by atoms with E-state index in [9.17, 15) is 27.6 Å². The van der Waals surface area contributed by atoms with E-state index in [2.05, 4.69) is 20.9 Å². The summed E-state index contributed by atoms with van der Waals surface area (Å²) in [6, 6.07) is 15.2. The number of halogens is 3. The van der Waals surface area contributed by atoms with Crippen molar-refractivity contribution in [1.29, 1.82) is 0 Å². The summed E-state index contributed by atoms with van der Waals surface area (Å²) >= 11 is 0. The lowest BCUT2D eigenvalue weighted by Gasteiger charge is -2.23. The average Bonchev–Trinajstić information content (AvgIpc) is 3.61. The Morgan fingerprint density at radius 3 is 2.65 bits per heavy atom. The maximum absolute atomic E-state index is 13.7. The first-order valence-electron chi connectivity index (χ1n) is 15.4. The number of carbonyl (C=O) groups is 3. The van der Waals surface area contributed by atoms with Crippen molar-refractivity contribution in [1.82, 2.24) is 20.2 Å². The highest BCUT2D eigenvalue weighted by atomic mass is 19.4. The Balaban J connectivity index is 1.35. The second-order valence-electron chi connectivity index (χ2n) is 12.1. The Bertz CT molecular complexity index is 1830. The van der Waals surface area contributed by atoms with E-state index in [-0.39, 0.29) is 30.3 Å². The molecule has 3 N–H and O–H groups in total. The lowest BCUT2D eigenvalue weighted by Crippen LogP contribution is -2.35. The summed E-state index contributed by atoms with van der Waals surface area (Å²) in [4.78, 5) is 45.6. The monoisotopic (exact) mass is 632 g/mol. The van der Waals surface area contributed by atoms with Gasteiger partial charge in [0.1, 0.15) is 11.9 Å². The number of carbonyl (C=O) groups excluding carboxylic acids is 3. The molecular weight excluding hydrogens is 597 g/mol. The van der Waals surface area contributed by atoms with Crippen LogP contribution < -0.4 is 20.9 Å². The third-order valence-electron chi connectivity index (χ3n) is 8.85. The van der Waals surface area contributed by atoms with Crippen molar-refractivity contribution in [3.8, 4) is 11.4 Å². The van der Waals surface area contributed by atoms with Crippen LogP contribution in [0.1, 0.15) is 61.1 Å². The van der Waals surface area contributed by atoms with E-state index in [0.29, 0.717) is 40.2 Å². The van der Waals surface area contributed by atoms with Gasteiger partial charge in [0.15, 0.2) is 0 Å². The van der Waals surface area contributed by atoms with Gasteiger partial charge in [-0.3, -0.25) is 14.4 Å². The van der Waals surface area contributed by atoms with Crippen LogP contribution in [0.5, 0.6) is 0 Å². The van der Waals surface area contributed by atoms with Gasteiger partial charge in [0.05, 0.1) is 22.3 Å². The maximum atomic E-state index is 13.7. The number of alkyl halides is 3. The lowest BCUT2D eigenvalue weighted by atomic mass is 9.97. The maximum Gasteiger partial charge on any atom is 0.416 e. The van der Waals surface area contributed by atoms with Crippen molar-refractivity contribution in [2.24, 2.45) is 5.92 Å². The first kappa shape index (κ1) is 31.1. The van der Waals surface area contributed by atoms with Crippen molar-refractivity contribution >= 4 is 40.1 Å². The molecule has 9 nitrogen and oxygen atoms in total. The van der Waals surface area contributed by atoms with E-state index < -0.39 is 23.7 Å². The van der Waals surface area contributed by atoms with Gasteiger partial charge in [-0.25, -0.2) is 4.98 Å². The van der Waals surface area contributed by atoms with Gasteiger partial charge in [0.2, 0.25) is 11.8 Å². The van der Waals surface area contributed by atoms with E-state index in [1.165, 1.54) is 19.1 Å². The zero-order valence-electron chi connectivity index (χ0n) is 25.7. The Labute approximate surface area is 264 Å². The molecule has 1 fully saturated rings. The van der Waals surface area contributed by atoms with E-state index in [0.717, 1.165) is 42.8 Å². The number of nitrogens with one attached hydrogen (secondary N) is 3. The van der Waals surface area contributed by atoms with E-state index >= 15 is 0 Å². The Kier molecular flexibility index (Phi) is 8.22. The summed E-state index contributed by atoms with van der Waals surface area (Å²) in [7, 11) is 0. The molecule has 0 spiro atoms. The molecule has 0 saturated carbocycles. The van der Waals surface area contributed by atoms with Crippen LogP contribution >= 0.6 is 0 Å². The zero-order chi connectivity index (χ0) is 32.7. The largest absolute Gasteiger partial charge is 0.416 e. The van der Waals surface area contributed by atoms with Crippen LogP contribution in [0.15, 0.2) is 60.7 Å². The van der Waals surface area contributed by atoms with Gasteiger partial charge in [-0.15, -0.1) is 0 Å². The van der Waals surface area contributed by atoms with Crippen LogP contribution in [0, 0.1) is 5.92 Å². The fourth-order valence-corrected chi connectivity index (χ4v) is 6.34. The normalized spacial score (nSPS) is 18.4. The summed E-state index contributed by atoms with van der Waals surface area (Å²) in [5.41, 5.74) is 3.38. The van der Waals surface area contributed by atoms with Crippen molar-refractivity contribution < 1.29 is 27.6 Å². The third-order valence-corrected chi connectivity index (χ3v) is 8.85. The SMILES string of the molecule is CC[C@@H](C)[C@@H]1C(=O)Nc2ccc(N3CC[C@H](NC(C)=O)C3)cc2-c2nc3cc(C(=O)NCc4cccc(C(F)(F)F)c4)ccc3n21. The fraction of sp³-hybridized carbons (Fsp3) is 0.353. The molecule has 46 heavy (non-hydrogen) atoms. The average molecular weight is 633 g/mol.